The van der Waals surface area contributed by atoms with Gasteiger partial charge in [-0.3, -0.25) is 9.59 Å². The molecule has 7 heteroatoms. The molecule has 0 saturated carbocycles. The lowest BCUT2D eigenvalue weighted by molar-refractivity contribution is 0.0697. The molecule has 0 aliphatic rings. The maximum atomic E-state index is 12.5. The molecule has 0 aromatic heterocycles. The summed E-state index contributed by atoms with van der Waals surface area (Å²) in [5.41, 5.74) is 2.73. The summed E-state index contributed by atoms with van der Waals surface area (Å²) in [4.78, 5) is 34.9. The second kappa shape index (κ2) is 12.7. The van der Waals surface area contributed by atoms with E-state index >= 15 is 0 Å². The molecule has 188 valence electrons. The molecule has 7 nitrogen and oxygen atoms in total. The lowest BCUT2D eigenvalue weighted by atomic mass is 10.1. The topological polar surface area (TPSA) is 113 Å². The lowest BCUT2D eigenvalue weighted by Crippen LogP contribution is -2.16. The minimum Gasteiger partial charge on any atom is -0.508 e. The maximum absolute atomic E-state index is 12.5. The number of carboxylic acid groups (broad SMARTS) is 1. The largest absolute Gasteiger partial charge is 0.508 e. The first-order valence-corrected chi connectivity index (χ1v) is 11.5. The first kappa shape index (κ1) is 26.7. The Hall–Kier alpha value is -4.91. The standard InChI is InChI=1S/C21H17NO4.C9H10O2/c23-20(16-10-5-2-6-11-16)22-19-17(21(24)25)12-7-13-18(19)26-14-15-8-3-1-4-9-15;1-6-8(7(2)10)4-3-5-9(6)11/h1-13H,14H2,(H,22,23)(H,24,25);3-5,11H,1-2H3. The van der Waals surface area contributed by atoms with Gasteiger partial charge in [-0.05, 0) is 49.7 Å². The van der Waals surface area contributed by atoms with Crippen molar-refractivity contribution in [1.82, 2.24) is 0 Å². The van der Waals surface area contributed by atoms with Crippen LogP contribution >= 0.6 is 0 Å². The van der Waals surface area contributed by atoms with Crippen LogP contribution in [0.1, 0.15) is 49.1 Å². The number of anilines is 1. The van der Waals surface area contributed by atoms with Crippen LogP contribution in [0.5, 0.6) is 11.5 Å². The molecule has 0 aliphatic carbocycles. The van der Waals surface area contributed by atoms with Gasteiger partial charge in [-0.25, -0.2) is 4.79 Å². The highest BCUT2D eigenvalue weighted by molar-refractivity contribution is 6.09. The zero-order valence-corrected chi connectivity index (χ0v) is 20.5. The number of aromatic carboxylic acids is 1. The van der Waals surface area contributed by atoms with Gasteiger partial charge in [-0.1, -0.05) is 66.7 Å². The second-order valence-corrected chi connectivity index (χ2v) is 8.08. The summed E-state index contributed by atoms with van der Waals surface area (Å²) in [7, 11) is 0. The summed E-state index contributed by atoms with van der Waals surface area (Å²) in [6.07, 6.45) is 0. The number of nitrogens with one attached hydrogen (secondary N) is 1. The van der Waals surface area contributed by atoms with Crippen LogP contribution in [0, 0.1) is 6.92 Å². The highest BCUT2D eigenvalue weighted by Crippen LogP contribution is 2.30. The molecule has 0 bridgehead atoms. The van der Waals surface area contributed by atoms with Crippen molar-refractivity contribution < 1.29 is 29.3 Å². The Kier molecular flexibility index (Phi) is 9.16. The van der Waals surface area contributed by atoms with E-state index in [9.17, 15) is 24.6 Å². The van der Waals surface area contributed by atoms with Crippen molar-refractivity contribution in [2.24, 2.45) is 0 Å². The Bertz CT molecular complexity index is 1380. The van der Waals surface area contributed by atoms with Crippen molar-refractivity contribution in [3.63, 3.8) is 0 Å². The predicted octanol–water partition coefficient (Wildman–Crippen LogP) is 6.12. The summed E-state index contributed by atoms with van der Waals surface area (Å²) in [6, 6.07) is 27.7. The number of Topliss-reactive ketones (excluding diaryl/α,β-unsaturated/α-hetero) is 1. The van der Waals surface area contributed by atoms with E-state index in [1.54, 1.807) is 67.6 Å². The van der Waals surface area contributed by atoms with Gasteiger partial charge in [-0.15, -0.1) is 0 Å². The first-order chi connectivity index (χ1) is 17.8. The maximum Gasteiger partial charge on any atom is 0.337 e. The third-order valence-corrected chi connectivity index (χ3v) is 5.45. The number of ether oxygens (including phenoxy) is 1. The van der Waals surface area contributed by atoms with Gasteiger partial charge >= 0.3 is 5.97 Å². The van der Waals surface area contributed by atoms with Gasteiger partial charge in [-0.2, -0.15) is 0 Å². The minimum atomic E-state index is -1.14. The molecule has 1 amide bonds. The van der Waals surface area contributed by atoms with Crippen molar-refractivity contribution in [3.8, 4) is 11.5 Å². The molecule has 37 heavy (non-hydrogen) atoms. The number of para-hydroxylation sites is 1. The molecule has 0 radical (unpaired) electrons. The molecule has 4 aromatic carbocycles. The highest BCUT2D eigenvalue weighted by Gasteiger charge is 2.18. The average molecular weight is 498 g/mol. The number of carbonyl (C=O) groups is 3. The number of ketones is 1. The number of rotatable bonds is 7. The molecule has 0 unspecified atom stereocenters. The molecular formula is C30H27NO6. The number of carboxylic acids is 1. The Morgan fingerprint density at radius 1 is 0.784 bits per heavy atom. The van der Waals surface area contributed by atoms with Gasteiger partial charge in [0.2, 0.25) is 0 Å². The van der Waals surface area contributed by atoms with Crippen molar-refractivity contribution >= 4 is 23.3 Å². The average Bonchev–Trinajstić information content (AvgIpc) is 2.90. The summed E-state index contributed by atoms with van der Waals surface area (Å²) in [5.74, 6) is -1.07. The van der Waals surface area contributed by atoms with Gasteiger partial charge < -0.3 is 20.3 Å². The van der Waals surface area contributed by atoms with Crippen LogP contribution in [0.15, 0.2) is 97.1 Å². The number of benzene rings is 4. The normalized spacial score (nSPS) is 10.0. The van der Waals surface area contributed by atoms with E-state index < -0.39 is 11.9 Å². The van der Waals surface area contributed by atoms with Crippen LogP contribution < -0.4 is 10.1 Å². The molecule has 4 rings (SSSR count). The van der Waals surface area contributed by atoms with Gasteiger partial charge in [0.25, 0.3) is 5.91 Å². The molecule has 0 fully saturated rings. The molecule has 0 spiro atoms. The predicted molar refractivity (Wildman–Crippen MR) is 141 cm³/mol. The van der Waals surface area contributed by atoms with Crippen LogP contribution in [-0.4, -0.2) is 27.9 Å². The van der Waals surface area contributed by atoms with Crippen molar-refractivity contribution in [3.05, 3.63) is 125 Å². The molecule has 0 saturated heterocycles. The molecule has 3 N–H and O–H groups in total. The molecular weight excluding hydrogens is 470 g/mol. The van der Waals surface area contributed by atoms with Crippen LogP contribution in [0.2, 0.25) is 0 Å². The van der Waals surface area contributed by atoms with E-state index in [2.05, 4.69) is 5.32 Å². The SMILES string of the molecule is CC(=O)c1cccc(O)c1C.O=C(Nc1c(OCc2ccccc2)cccc1C(=O)O)c1ccccc1. The third-order valence-electron chi connectivity index (χ3n) is 5.45. The molecule has 0 heterocycles. The van der Waals surface area contributed by atoms with E-state index in [1.165, 1.54) is 13.0 Å². The Morgan fingerprint density at radius 2 is 1.38 bits per heavy atom. The van der Waals surface area contributed by atoms with Gasteiger partial charge in [0.05, 0.1) is 11.3 Å². The molecule has 4 aromatic rings. The number of amides is 1. The number of phenolic OH excluding ortho intramolecular Hbond substituents is 1. The molecule has 0 atom stereocenters. The van der Waals surface area contributed by atoms with E-state index in [4.69, 9.17) is 4.74 Å². The Morgan fingerprint density at radius 3 is 1.97 bits per heavy atom. The zero-order valence-electron chi connectivity index (χ0n) is 20.5. The van der Waals surface area contributed by atoms with E-state index in [0.717, 1.165) is 5.56 Å². The third kappa shape index (κ3) is 7.29. The van der Waals surface area contributed by atoms with Gasteiger partial charge in [0, 0.05) is 16.7 Å². The number of carbonyl (C=O) groups excluding carboxylic acids is 2. The highest BCUT2D eigenvalue weighted by atomic mass is 16.5. The van der Waals surface area contributed by atoms with Crippen LogP contribution in [0.4, 0.5) is 5.69 Å². The van der Waals surface area contributed by atoms with E-state index in [0.29, 0.717) is 22.4 Å². The summed E-state index contributed by atoms with van der Waals surface area (Å²) < 4.78 is 5.77. The Balaban J connectivity index is 0.000000289. The van der Waals surface area contributed by atoms with Gasteiger partial charge in [0.1, 0.15) is 18.1 Å². The van der Waals surface area contributed by atoms with Crippen LogP contribution in [-0.2, 0) is 6.61 Å². The minimum absolute atomic E-state index is 0.0154. The summed E-state index contributed by atoms with van der Waals surface area (Å²) in [6.45, 7) is 3.48. The number of aromatic hydroxyl groups is 1. The van der Waals surface area contributed by atoms with Crippen molar-refractivity contribution in [2.45, 2.75) is 20.5 Å². The van der Waals surface area contributed by atoms with E-state index in [-0.39, 0.29) is 29.4 Å². The summed E-state index contributed by atoms with van der Waals surface area (Å²) in [5, 5.41) is 21.3. The summed E-state index contributed by atoms with van der Waals surface area (Å²) >= 11 is 0. The fraction of sp³-hybridized carbons (Fsp3) is 0.100. The smallest absolute Gasteiger partial charge is 0.337 e. The quantitative estimate of drug-likeness (QED) is 0.265. The van der Waals surface area contributed by atoms with Crippen molar-refractivity contribution in [2.75, 3.05) is 5.32 Å². The zero-order chi connectivity index (χ0) is 26.8. The fourth-order valence-corrected chi connectivity index (χ4v) is 3.47. The van der Waals surface area contributed by atoms with Crippen molar-refractivity contribution in [1.29, 1.82) is 0 Å². The molecule has 0 aliphatic heterocycles. The Labute approximate surface area is 215 Å². The lowest BCUT2D eigenvalue weighted by Gasteiger charge is -2.15. The number of phenols is 1. The van der Waals surface area contributed by atoms with Crippen LogP contribution in [0.25, 0.3) is 0 Å². The first-order valence-electron chi connectivity index (χ1n) is 11.5. The number of hydrogen-bond donors (Lipinski definition) is 3. The van der Waals surface area contributed by atoms with E-state index in [1.807, 2.05) is 30.3 Å². The monoisotopic (exact) mass is 497 g/mol. The van der Waals surface area contributed by atoms with Crippen LogP contribution in [0.3, 0.4) is 0 Å². The fourth-order valence-electron chi connectivity index (χ4n) is 3.47. The second-order valence-electron chi connectivity index (χ2n) is 8.08. The van der Waals surface area contributed by atoms with Gasteiger partial charge in [0.15, 0.2) is 5.78 Å². The number of hydrogen-bond acceptors (Lipinski definition) is 5.